The molecule has 1 aliphatic rings. The van der Waals surface area contributed by atoms with Crippen molar-refractivity contribution in [2.24, 2.45) is 5.73 Å². The van der Waals surface area contributed by atoms with Crippen LogP contribution in [0.5, 0.6) is 5.75 Å². The number of hydrogen-bond acceptors (Lipinski definition) is 3. The summed E-state index contributed by atoms with van der Waals surface area (Å²) in [6, 6.07) is 12.8. The summed E-state index contributed by atoms with van der Waals surface area (Å²) in [5.74, 6) is 0.767. The number of rotatable bonds is 9. The van der Waals surface area contributed by atoms with Crippen molar-refractivity contribution in [3.8, 4) is 5.75 Å². The maximum atomic E-state index is 12.6. The molecule has 0 atom stereocenters. The number of thiocarbonyl (C=S) groups is 1. The second-order valence-electron chi connectivity index (χ2n) is 6.95. The third-order valence-corrected chi connectivity index (χ3v) is 5.59. The Labute approximate surface area is 191 Å². The predicted molar refractivity (Wildman–Crippen MR) is 127 cm³/mol. The summed E-state index contributed by atoms with van der Waals surface area (Å²) in [5.41, 5.74) is 7.06. The molecule has 0 radical (unpaired) electrons. The van der Waals surface area contributed by atoms with E-state index in [4.69, 9.17) is 45.9 Å². The van der Waals surface area contributed by atoms with Crippen LogP contribution in [0.15, 0.2) is 42.5 Å². The third kappa shape index (κ3) is 6.14. The van der Waals surface area contributed by atoms with Crippen LogP contribution in [0.2, 0.25) is 10.0 Å². The first-order valence-corrected chi connectivity index (χ1v) is 10.9. The van der Waals surface area contributed by atoms with Crippen LogP contribution in [0.25, 0.3) is 0 Å². The number of halogens is 2. The Balaban J connectivity index is 1.36. The van der Waals surface area contributed by atoms with Gasteiger partial charge in [-0.2, -0.15) is 0 Å². The topological polar surface area (TPSA) is 70.8 Å². The zero-order valence-electron chi connectivity index (χ0n) is 16.4. The molecule has 1 heterocycles. The van der Waals surface area contributed by atoms with E-state index in [9.17, 15) is 4.79 Å². The lowest BCUT2D eigenvalue weighted by atomic mass is 10.2. The van der Waals surface area contributed by atoms with E-state index in [0.717, 1.165) is 42.9 Å². The zero-order valence-corrected chi connectivity index (χ0v) is 18.8. The second-order valence-corrected chi connectivity index (χ2v) is 8.20. The van der Waals surface area contributed by atoms with Gasteiger partial charge in [-0.15, -0.1) is 0 Å². The number of nitrogens with one attached hydrogen (secondary N) is 1. The average molecular weight is 467 g/mol. The molecule has 9 heteroatoms. The Morgan fingerprint density at radius 3 is 2.70 bits per heavy atom. The fraction of sp³-hybridized carbons (Fsp3) is 0.333. The predicted octanol–water partition coefficient (Wildman–Crippen LogP) is 5.14. The van der Waals surface area contributed by atoms with Crippen LogP contribution in [0.1, 0.15) is 19.3 Å². The van der Waals surface area contributed by atoms with Crippen LogP contribution in [0.4, 0.5) is 16.2 Å². The number of carbonyl (C=O) groups excluding carboxylic acids is 1. The van der Waals surface area contributed by atoms with Crippen LogP contribution in [-0.4, -0.2) is 42.3 Å². The molecule has 160 valence electrons. The summed E-state index contributed by atoms with van der Waals surface area (Å²) in [5, 5.41) is 4.04. The molecule has 0 spiro atoms. The molecule has 3 N–H and O–H groups in total. The Hall–Kier alpha value is -2.22. The molecule has 0 aromatic heterocycles. The molecular formula is C21H24Cl2N4O2S. The minimum absolute atomic E-state index is 0.00627. The number of hydrogen-bond donors (Lipinski definition) is 2. The van der Waals surface area contributed by atoms with E-state index < -0.39 is 0 Å². The highest BCUT2D eigenvalue weighted by atomic mass is 35.5. The van der Waals surface area contributed by atoms with Gasteiger partial charge in [0.1, 0.15) is 5.75 Å². The smallest absolute Gasteiger partial charge is 0.324 e. The molecule has 6 nitrogen and oxygen atoms in total. The van der Waals surface area contributed by atoms with Crippen LogP contribution in [-0.2, 0) is 0 Å². The van der Waals surface area contributed by atoms with Gasteiger partial charge in [0.05, 0.1) is 16.7 Å². The number of benzene rings is 2. The monoisotopic (exact) mass is 466 g/mol. The molecule has 1 aliphatic heterocycles. The quantitative estimate of drug-likeness (QED) is 0.395. The number of ether oxygens (including phenoxy) is 1. The Bertz CT molecular complexity index is 912. The number of amides is 2. The van der Waals surface area contributed by atoms with Crippen molar-refractivity contribution in [2.45, 2.75) is 19.3 Å². The van der Waals surface area contributed by atoms with Gasteiger partial charge in [0, 0.05) is 37.1 Å². The van der Waals surface area contributed by atoms with Gasteiger partial charge in [0.15, 0.2) is 5.11 Å². The standard InChI is InChI=1S/C21H24Cl2N4O2S/c22-18-8-7-16(14-19(18)23)27-11-10-26(21(27)28)9-2-1-3-12-29-17-6-4-5-15(13-17)25-20(24)30/h4-8,13-14H,1-3,9-12H2,(H3,24,25,30). The number of unbranched alkanes of at least 4 members (excludes halogenated alkanes) is 2. The Kier molecular flexibility index (Phi) is 8.01. The summed E-state index contributed by atoms with van der Waals surface area (Å²) in [6.07, 6.45) is 2.81. The second kappa shape index (κ2) is 10.7. The van der Waals surface area contributed by atoms with E-state index >= 15 is 0 Å². The largest absolute Gasteiger partial charge is 0.494 e. The van der Waals surface area contributed by atoms with Crippen molar-refractivity contribution in [3.05, 3.63) is 52.5 Å². The Morgan fingerprint density at radius 2 is 1.93 bits per heavy atom. The van der Waals surface area contributed by atoms with Crippen molar-refractivity contribution < 1.29 is 9.53 Å². The molecule has 0 unspecified atom stereocenters. The van der Waals surface area contributed by atoms with Gasteiger partial charge in [-0.05, 0) is 61.8 Å². The molecule has 2 aromatic rings. The highest BCUT2D eigenvalue weighted by Gasteiger charge is 2.29. The highest BCUT2D eigenvalue weighted by Crippen LogP contribution is 2.29. The van der Waals surface area contributed by atoms with E-state index in [1.165, 1.54) is 0 Å². The fourth-order valence-corrected chi connectivity index (χ4v) is 3.67. The van der Waals surface area contributed by atoms with Crippen molar-refractivity contribution in [3.63, 3.8) is 0 Å². The van der Waals surface area contributed by atoms with Gasteiger partial charge in [0.25, 0.3) is 0 Å². The van der Waals surface area contributed by atoms with Crippen LogP contribution in [0, 0.1) is 0 Å². The molecule has 0 aliphatic carbocycles. The van der Waals surface area contributed by atoms with E-state index in [1.807, 2.05) is 35.2 Å². The first-order chi connectivity index (χ1) is 14.4. The molecule has 0 saturated carbocycles. The zero-order chi connectivity index (χ0) is 21.5. The maximum absolute atomic E-state index is 12.6. The number of nitrogens with two attached hydrogens (primary N) is 1. The number of nitrogens with zero attached hydrogens (tertiary/aromatic N) is 2. The minimum atomic E-state index is 0.00627. The van der Waals surface area contributed by atoms with Crippen molar-refractivity contribution in [1.29, 1.82) is 0 Å². The van der Waals surface area contributed by atoms with E-state index in [0.29, 0.717) is 29.7 Å². The Morgan fingerprint density at radius 1 is 1.10 bits per heavy atom. The van der Waals surface area contributed by atoms with Gasteiger partial charge < -0.3 is 20.7 Å². The van der Waals surface area contributed by atoms with Crippen molar-refractivity contribution in [2.75, 3.05) is 36.5 Å². The first kappa shape index (κ1) is 22.5. The summed E-state index contributed by atoms with van der Waals surface area (Å²) < 4.78 is 5.78. The lowest BCUT2D eigenvalue weighted by Gasteiger charge is -2.19. The average Bonchev–Trinajstić information content (AvgIpc) is 3.07. The van der Waals surface area contributed by atoms with Gasteiger partial charge in [0.2, 0.25) is 0 Å². The van der Waals surface area contributed by atoms with Crippen molar-refractivity contribution in [1.82, 2.24) is 4.90 Å². The lowest BCUT2D eigenvalue weighted by molar-refractivity contribution is 0.219. The lowest BCUT2D eigenvalue weighted by Crippen LogP contribution is -2.32. The fourth-order valence-electron chi connectivity index (χ4n) is 3.26. The summed E-state index contributed by atoms with van der Waals surface area (Å²) in [4.78, 5) is 16.2. The van der Waals surface area contributed by atoms with Crippen LogP contribution < -0.4 is 20.7 Å². The summed E-state index contributed by atoms with van der Waals surface area (Å²) in [6.45, 7) is 2.69. The molecule has 30 heavy (non-hydrogen) atoms. The first-order valence-electron chi connectivity index (χ1n) is 9.75. The summed E-state index contributed by atoms with van der Waals surface area (Å²) >= 11 is 16.9. The number of urea groups is 1. The van der Waals surface area contributed by atoms with Gasteiger partial charge in [-0.1, -0.05) is 29.3 Å². The van der Waals surface area contributed by atoms with Gasteiger partial charge in [-0.3, -0.25) is 4.90 Å². The summed E-state index contributed by atoms with van der Waals surface area (Å²) in [7, 11) is 0. The number of carbonyl (C=O) groups is 1. The van der Waals surface area contributed by atoms with Crippen LogP contribution in [0.3, 0.4) is 0 Å². The molecule has 2 amide bonds. The molecule has 3 rings (SSSR count). The molecule has 1 saturated heterocycles. The SMILES string of the molecule is NC(=S)Nc1cccc(OCCCCCN2CCN(c3ccc(Cl)c(Cl)c3)C2=O)c1. The van der Waals surface area contributed by atoms with E-state index in [2.05, 4.69) is 5.32 Å². The van der Waals surface area contributed by atoms with Crippen molar-refractivity contribution >= 4 is 57.9 Å². The molecule has 2 aromatic carbocycles. The molecular weight excluding hydrogens is 443 g/mol. The van der Waals surface area contributed by atoms with Gasteiger partial charge >= 0.3 is 6.03 Å². The third-order valence-electron chi connectivity index (χ3n) is 4.75. The van der Waals surface area contributed by atoms with Crippen LogP contribution >= 0.6 is 35.4 Å². The normalized spacial score (nSPS) is 13.6. The highest BCUT2D eigenvalue weighted by molar-refractivity contribution is 7.80. The molecule has 1 fully saturated rings. The molecule has 0 bridgehead atoms. The van der Waals surface area contributed by atoms with E-state index in [1.54, 1.807) is 17.0 Å². The maximum Gasteiger partial charge on any atom is 0.324 e. The minimum Gasteiger partial charge on any atom is -0.494 e. The number of anilines is 2. The van der Waals surface area contributed by atoms with Gasteiger partial charge in [-0.25, -0.2) is 4.79 Å². The van der Waals surface area contributed by atoms with E-state index in [-0.39, 0.29) is 11.1 Å².